The average Bonchev–Trinajstić information content (AvgIpc) is 2.51. The zero-order chi connectivity index (χ0) is 14.8. The van der Waals surface area contributed by atoms with E-state index in [-0.39, 0.29) is 0 Å². The fourth-order valence-corrected chi connectivity index (χ4v) is 2.42. The summed E-state index contributed by atoms with van der Waals surface area (Å²) < 4.78 is 0. The van der Waals surface area contributed by atoms with Gasteiger partial charge < -0.3 is 11.1 Å². The van der Waals surface area contributed by atoms with Gasteiger partial charge in [0.2, 0.25) is 0 Å². The van der Waals surface area contributed by atoms with E-state index in [1.54, 1.807) is 6.20 Å². The van der Waals surface area contributed by atoms with Crippen LogP contribution in [0.25, 0.3) is 10.9 Å². The highest BCUT2D eigenvalue weighted by molar-refractivity contribution is 5.97. The number of nitrogens with zero attached hydrogens (tertiary/aromatic N) is 1. The maximum atomic E-state index is 6.26. The van der Waals surface area contributed by atoms with Crippen LogP contribution in [0, 0.1) is 0 Å². The molecule has 0 saturated heterocycles. The maximum absolute atomic E-state index is 6.26. The third kappa shape index (κ3) is 2.68. The van der Waals surface area contributed by atoms with Crippen LogP contribution in [-0.4, -0.2) is 4.98 Å². The van der Waals surface area contributed by atoms with E-state index in [0.717, 1.165) is 28.0 Å². The molecule has 0 fully saturated rings. The van der Waals surface area contributed by atoms with E-state index in [1.807, 2.05) is 24.3 Å². The van der Waals surface area contributed by atoms with Gasteiger partial charge in [-0.25, -0.2) is 0 Å². The van der Waals surface area contributed by atoms with Gasteiger partial charge in [0.15, 0.2) is 0 Å². The highest BCUT2D eigenvalue weighted by Gasteiger charge is 2.06. The zero-order valence-corrected chi connectivity index (χ0v) is 12.3. The largest absolute Gasteiger partial charge is 0.396 e. The van der Waals surface area contributed by atoms with Gasteiger partial charge in [-0.15, -0.1) is 0 Å². The average molecular weight is 277 g/mol. The number of aromatic nitrogens is 1. The summed E-state index contributed by atoms with van der Waals surface area (Å²) in [6, 6.07) is 16.3. The first kappa shape index (κ1) is 13.4. The molecule has 3 aromatic rings. The number of anilines is 3. The topological polar surface area (TPSA) is 50.9 Å². The van der Waals surface area contributed by atoms with Crippen LogP contribution in [0.3, 0.4) is 0 Å². The molecule has 0 atom stereocenters. The molecule has 3 nitrogen and oxygen atoms in total. The van der Waals surface area contributed by atoms with Crippen LogP contribution in [0.2, 0.25) is 0 Å². The molecule has 0 spiro atoms. The van der Waals surface area contributed by atoms with Crippen molar-refractivity contribution in [3.63, 3.8) is 0 Å². The summed E-state index contributed by atoms with van der Waals surface area (Å²) in [5.74, 6) is 0.505. The predicted molar refractivity (Wildman–Crippen MR) is 90.0 cm³/mol. The van der Waals surface area contributed by atoms with Crippen LogP contribution >= 0.6 is 0 Å². The summed E-state index contributed by atoms with van der Waals surface area (Å²) in [4.78, 5) is 4.32. The smallest absolute Gasteiger partial charge is 0.0724 e. The Morgan fingerprint density at radius 3 is 2.71 bits per heavy atom. The fourth-order valence-electron chi connectivity index (χ4n) is 2.42. The molecule has 106 valence electrons. The predicted octanol–water partition coefficient (Wildman–Crippen LogP) is 4.68. The molecule has 3 N–H and O–H groups in total. The number of nitrogens with one attached hydrogen (secondary N) is 1. The van der Waals surface area contributed by atoms with Crippen molar-refractivity contribution in [2.75, 3.05) is 11.1 Å². The summed E-state index contributed by atoms with van der Waals surface area (Å²) in [6.45, 7) is 4.38. The summed E-state index contributed by atoms with van der Waals surface area (Å²) in [7, 11) is 0. The van der Waals surface area contributed by atoms with Gasteiger partial charge in [-0.3, -0.25) is 4.98 Å². The van der Waals surface area contributed by atoms with Crippen molar-refractivity contribution >= 4 is 28.0 Å². The Hall–Kier alpha value is -2.55. The Morgan fingerprint density at radius 1 is 1.05 bits per heavy atom. The van der Waals surface area contributed by atoms with Gasteiger partial charge in [-0.05, 0) is 47.9 Å². The molecule has 0 unspecified atom stereocenters. The van der Waals surface area contributed by atoms with Gasteiger partial charge >= 0.3 is 0 Å². The second-order valence-corrected chi connectivity index (χ2v) is 5.50. The second kappa shape index (κ2) is 5.44. The van der Waals surface area contributed by atoms with Gasteiger partial charge in [0.25, 0.3) is 0 Å². The molecule has 3 heteroatoms. The third-order valence-electron chi connectivity index (χ3n) is 3.66. The molecule has 1 heterocycles. The van der Waals surface area contributed by atoms with Crippen LogP contribution in [0.4, 0.5) is 17.1 Å². The molecule has 0 aliphatic rings. The van der Waals surface area contributed by atoms with Crippen molar-refractivity contribution in [2.24, 2.45) is 0 Å². The molecule has 0 bridgehead atoms. The van der Waals surface area contributed by atoms with Crippen molar-refractivity contribution in [3.05, 3.63) is 60.3 Å². The Labute approximate surface area is 124 Å². The Balaban J connectivity index is 1.98. The number of hydrogen-bond donors (Lipinski definition) is 2. The first-order chi connectivity index (χ1) is 10.1. The number of hydrogen-bond acceptors (Lipinski definition) is 3. The number of nitrogen functional groups attached to an aromatic ring is 1. The normalized spacial score (nSPS) is 11.0. The van der Waals surface area contributed by atoms with Gasteiger partial charge in [-0.1, -0.05) is 26.0 Å². The van der Waals surface area contributed by atoms with Crippen molar-refractivity contribution in [1.82, 2.24) is 4.98 Å². The lowest BCUT2D eigenvalue weighted by Gasteiger charge is -2.13. The van der Waals surface area contributed by atoms with Crippen LogP contribution in [-0.2, 0) is 0 Å². The minimum Gasteiger partial charge on any atom is -0.396 e. The highest BCUT2D eigenvalue weighted by atomic mass is 14.9. The van der Waals surface area contributed by atoms with E-state index in [0.29, 0.717) is 5.92 Å². The molecule has 0 amide bonds. The van der Waals surface area contributed by atoms with E-state index in [4.69, 9.17) is 5.73 Å². The Morgan fingerprint density at radius 2 is 1.90 bits per heavy atom. The van der Waals surface area contributed by atoms with Crippen molar-refractivity contribution < 1.29 is 0 Å². The third-order valence-corrected chi connectivity index (χ3v) is 3.66. The minimum atomic E-state index is 0.505. The molecule has 2 aromatic carbocycles. The van der Waals surface area contributed by atoms with Crippen molar-refractivity contribution in [2.45, 2.75) is 19.8 Å². The van der Waals surface area contributed by atoms with Gasteiger partial charge in [0.1, 0.15) is 0 Å². The highest BCUT2D eigenvalue weighted by Crippen LogP contribution is 2.30. The molecule has 3 rings (SSSR count). The number of benzene rings is 2. The summed E-state index contributed by atoms with van der Waals surface area (Å²) in [5.41, 5.74) is 11.2. The Bertz CT molecular complexity index is 778. The fraction of sp³-hybridized carbons (Fsp3) is 0.167. The lowest BCUT2D eigenvalue weighted by Crippen LogP contribution is -1.98. The first-order valence-electron chi connectivity index (χ1n) is 7.15. The van der Waals surface area contributed by atoms with Crippen LogP contribution < -0.4 is 11.1 Å². The zero-order valence-electron chi connectivity index (χ0n) is 12.3. The SMILES string of the molecule is CC(C)c1cccc(Nc2ccc3ncccc3c2N)c1. The van der Waals surface area contributed by atoms with E-state index in [9.17, 15) is 0 Å². The molecule has 0 aliphatic carbocycles. The summed E-state index contributed by atoms with van der Waals surface area (Å²) in [6.07, 6.45) is 1.78. The standard InChI is InChI=1S/C18H19N3/c1-12(2)13-5-3-6-14(11-13)21-17-9-8-16-15(18(17)19)7-4-10-20-16/h3-12,21H,19H2,1-2H3. The second-order valence-electron chi connectivity index (χ2n) is 5.50. The molecule has 21 heavy (non-hydrogen) atoms. The lowest BCUT2D eigenvalue weighted by atomic mass is 10.0. The van der Waals surface area contributed by atoms with Crippen LogP contribution in [0.5, 0.6) is 0 Å². The van der Waals surface area contributed by atoms with Crippen molar-refractivity contribution in [3.8, 4) is 0 Å². The lowest BCUT2D eigenvalue weighted by molar-refractivity contribution is 0.867. The quantitative estimate of drug-likeness (QED) is 0.683. The molecule has 0 radical (unpaired) electrons. The summed E-state index contributed by atoms with van der Waals surface area (Å²) >= 11 is 0. The number of rotatable bonds is 3. The summed E-state index contributed by atoms with van der Waals surface area (Å²) in [5, 5.41) is 4.38. The van der Waals surface area contributed by atoms with Gasteiger partial charge in [0.05, 0.1) is 16.9 Å². The molecule has 0 saturated carbocycles. The van der Waals surface area contributed by atoms with Gasteiger partial charge in [0, 0.05) is 17.3 Å². The molecular weight excluding hydrogens is 258 g/mol. The minimum absolute atomic E-state index is 0.505. The number of pyridine rings is 1. The van der Waals surface area contributed by atoms with E-state index < -0.39 is 0 Å². The van der Waals surface area contributed by atoms with Crippen LogP contribution in [0.1, 0.15) is 25.3 Å². The molecule has 1 aromatic heterocycles. The monoisotopic (exact) mass is 277 g/mol. The maximum Gasteiger partial charge on any atom is 0.0724 e. The van der Waals surface area contributed by atoms with Gasteiger partial charge in [-0.2, -0.15) is 0 Å². The van der Waals surface area contributed by atoms with E-state index in [1.165, 1.54) is 5.56 Å². The molecule has 0 aliphatic heterocycles. The van der Waals surface area contributed by atoms with Crippen molar-refractivity contribution in [1.29, 1.82) is 0 Å². The molecular formula is C18H19N3. The van der Waals surface area contributed by atoms with Crippen LogP contribution in [0.15, 0.2) is 54.7 Å². The first-order valence-corrected chi connectivity index (χ1v) is 7.15. The van der Waals surface area contributed by atoms with E-state index >= 15 is 0 Å². The Kier molecular flexibility index (Phi) is 3.48. The number of fused-ring (bicyclic) bond motifs is 1. The number of nitrogens with two attached hydrogens (primary N) is 1. The van der Waals surface area contributed by atoms with E-state index in [2.05, 4.69) is 48.4 Å².